The molecule has 0 fully saturated rings. The van der Waals surface area contributed by atoms with Crippen LogP contribution in [0.3, 0.4) is 0 Å². The van der Waals surface area contributed by atoms with Crippen molar-refractivity contribution in [3.63, 3.8) is 0 Å². The van der Waals surface area contributed by atoms with Crippen LogP contribution in [0.25, 0.3) is 0 Å². The van der Waals surface area contributed by atoms with E-state index in [-0.39, 0.29) is 13.3 Å². The lowest BCUT2D eigenvalue weighted by atomic mass is 9.96. The normalized spacial score (nSPS) is 14.2. The monoisotopic (exact) mass is 370 g/mol. The van der Waals surface area contributed by atoms with Crippen LogP contribution in [0.1, 0.15) is 78.1 Å². The SMILES string of the molecule is CCCCCCCCC(F)(F)CC(F)(F)CC(F)(F)CC(C)(F)F. The van der Waals surface area contributed by atoms with Crippen molar-refractivity contribution in [2.75, 3.05) is 0 Å². The first kappa shape index (κ1) is 23.4. The van der Waals surface area contributed by atoms with Gasteiger partial charge in [0.1, 0.15) is 0 Å². The Kier molecular flexibility index (Phi) is 9.01. The van der Waals surface area contributed by atoms with Gasteiger partial charge in [0.2, 0.25) is 0 Å². The molecular weight excluding hydrogens is 344 g/mol. The zero-order valence-electron chi connectivity index (χ0n) is 14.1. The molecule has 0 heterocycles. The first-order valence-electron chi connectivity index (χ1n) is 8.19. The fourth-order valence-corrected chi connectivity index (χ4v) is 2.59. The number of rotatable bonds is 13. The molecule has 0 aliphatic carbocycles. The highest BCUT2D eigenvalue weighted by Crippen LogP contribution is 2.43. The first-order valence-corrected chi connectivity index (χ1v) is 8.19. The van der Waals surface area contributed by atoms with Gasteiger partial charge < -0.3 is 0 Å². The maximum absolute atomic E-state index is 13.5. The average Bonchev–Trinajstić information content (AvgIpc) is 2.26. The second kappa shape index (κ2) is 9.22. The lowest BCUT2D eigenvalue weighted by molar-refractivity contribution is -0.177. The smallest absolute Gasteiger partial charge is 0.207 e. The molecule has 0 spiro atoms. The van der Waals surface area contributed by atoms with Crippen molar-refractivity contribution in [3.8, 4) is 0 Å². The summed E-state index contributed by atoms with van der Waals surface area (Å²) in [5, 5.41) is 0. The predicted octanol–water partition coefficient (Wildman–Crippen LogP) is 7.47. The summed E-state index contributed by atoms with van der Waals surface area (Å²) in [5.74, 6) is -16.4. The highest BCUT2D eigenvalue weighted by molar-refractivity contribution is 4.85. The van der Waals surface area contributed by atoms with Gasteiger partial charge in [-0.3, -0.25) is 0 Å². The Morgan fingerprint density at radius 2 is 0.958 bits per heavy atom. The van der Waals surface area contributed by atoms with Crippen LogP contribution in [0, 0.1) is 0 Å². The first-order chi connectivity index (χ1) is 10.7. The molecule has 0 bridgehead atoms. The van der Waals surface area contributed by atoms with E-state index in [4.69, 9.17) is 0 Å². The maximum atomic E-state index is 13.5. The minimum atomic E-state index is -4.40. The number of hydrogen-bond donors (Lipinski definition) is 0. The van der Waals surface area contributed by atoms with Crippen LogP contribution in [0.2, 0.25) is 0 Å². The van der Waals surface area contributed by atoms with Gasteiger partial charge in [0.25, 0.3) is 23.7 Å². The molecule has 0 radical (unpaired) electrons. The van der Waals surface area contributed by atoms with Crippen LogP contribution >= 0.6 is 0 Å². The number of alkyl halides is 8. The van der Waals surface area contributed by atoms with E-state index in [0.717, 1.165) is 19.3 Å². The fourth-order valence-electron chi connectivity index (χ4n) is 2.59. The molecule has 0 rings (SSSR count). The molecule has 0 saturated carbocycles. The largest absolute Gasteiger partial charge is 0.259 e. The minimum Gasteiger partial charge on any atom is -0.207 e. The van der Waals surface area contributed by atoms with E-state index in [0.29, 0.717) is 12.8 Å². The molecule has 8 heteroatoms. The summed E-state index contributed by atoms with van der Waals surface area (Å²) < 4.78 is 106. The lowest BCUT2D eigenvalue weighted by Crippen LogP contribution is -2.37. The summed E-state index contributed by atoms with van der Waals surface area (Å²) in [6, 6.07) is 0. The molecule has 0 aromatic heterocycles. The molecule has 0 aromatic carbocycles. The topological polar surface area (TPSA) is 0 Å². The van der Waals surface area contributed by atoms with Crippen LogP contribution in [-0.2, 0) is 0 Å². The van der Waals surface area contributed by atoms with E-state index < -0.39 is 49.4 Å². The number of hydrogen-bond acceptors (Lipinski definition) is 0. The van der Waals surface area contributed by atoms with Crippen LogP contribution in [0.4, 0.5) is 35.1 Å². The van der Waals surface area contributed by atoms with Gasteiger partial charge in [0.05, 0.1) is 19.3 Å². The second-order valence-corrected chi connectivity index (χ2v) is 6.69. The molecule has 0 amide bonds. The van der Waals surface area contributed by atoms with Gasteiger partial charge in [0, 0.05) is 6.42 Å². The Balaban J connectivity index is 4.39. The zero-order chi connectivity index (χ0) is 19.1. The fraction of sp³-hybridized carbons (Fsp3) is 1.00. The van der Waals surface area contributed by atoms with Gasteiger partial charge in [0.15, 0.2) is 0 Å². The van der Waals surface area contributed by atoms with Crippen molar-refractivity contribution in [3.05, 3.63) is 0 Å². The van der Waals surface area contributed by atoms with Crippen LogP contribution in [-0.4, -0.2) is 23.7 Å². The summed E-state index contributed by atoms with van der Waals surface area (Å²) in [7, 11) is 0. The quantitative estimate of drug-likeness (QED) is 0.233. The minimum absolute atomic E-state index is 0.0240. The summed E-state index contributed by atoms with van der Waals surface area (Å²) >= 11 is 0. The van der Waals surface area contributed by atoms with E-state index >= 15 is 0 Å². The average molecular weight is 370 g/mol. The highest BCUT2D eigenvalue weighted by atomic mass is 19.3. The molecule has 0 aliphatic heterocycles. The Hall–Kier alpha value is -0.560. The van der Waals surface area contributed by atoms with Crippen LogP contribution in [0.5, 0.6) is 0 Å². The van der Waals surface area contributed by atoms with Crippen molar-refractivity contribution in [2.45, 2.75) is 102 Å². The van der Waals surface area contributed by atoms with Gasteiger partial charge in [-0.1, -0.05) is 39.0 Å². The molecule has 24 heavy (non-hydrogen) atoms. The van der Waals surface area contributed by atoms with E-state index in [1.165, 1.54) is 0 Å². The van der Waals surface area contributed by atoms with E-state index in [9.17, 15) is 35.1 Å². The van der Waals surface area contributed by atoms with Crippen molar-refractivity contribution in [1.29, 1.82) is 0 Å². The van der Waals surface area contributed by atoms with Crippen molar-refractivity contribution in [2.24, 2.45) is 0 Å². The third-order valence-corrected chi connectivity index (χ3v) is 3.50. The van der Waals surface area contributed by atoms with Crippen LogP contribution < -0.4 is 0 Å². The Labute approximate surface area is 138 Å². The number of unbranched alkanes of at least 4 members (excludes halogenated alkanes) is 5. The van der Waals surface area contributed by atoms with Crippen molar-refractivity contribution in [1.82, 2.24) is 0 Å². The summed E-state index contributed by atoms with van der Waals surface area (Å²) in [5.41, 5.74) is 0. The van der Waals surface area contributed by atoms with Gasteiger partial charge in [-0.05, 0) is 13.3 Å². The second-order valence-electron chi connectivity index (χ2n) is 6.69. The van der Waals surface area contributed by atoms with Gasteiger partial charge in [-0.25, -0.2) is 35.1 Å². The molecule has 0 nitrogen and oxygen atoms in total. The zero-order valence-corrected chi connectivity index (χ0v) is 14.1. The van der Waals surface area contributed by atoms with Gasteiger partial charge in [-0.2, -0.15) is 0 Å². The molecule has 0 aliphatic rings. The van der Waals surface area contributed by atoms with Gasteiger partial charge >= 0.3 is 0 Å². The Morgan fingerprint density at radius 1 is 0.542 bits per heavy atom. The standard InChI is InChI=1S/C16H26F8/c1-3-4-5-6-7-8-9-14(19,20)11-16(23,24)12-15(21,22)10-13(2,17)18/h3-12H2,1-2H3. The molecule has 0 atom stereocenters. The highest BCUT2D eigenvalue weighted by Gasteiger charge is 2.51. The Morgan fingerprint density at radius 3 is 1.46 bits per heavy atom. The Bertz CT molecular complexity index is 346. The molecule has 0 saturated heterocycles. The van der Waals surface area contributed by atoms with Crippen LogP contribution in [0.15, 0.2) is 0 Å². The predicted molar refractivity (Wildman–Crippen MR) is 77.3 cm³/mol. The summed E-state index contributed by atoms with van der Waals surface area (Å²) in [6.45, 7) is 2.16. The third-order valence-electron chi connectivity index (χ3n) is 3.50. The summed E-state index contributed by atoms with van der Waals surface area (Å²) in [6.07, 6.45) is -3.23. The molecule has 0 aromatic rings. The van der Waals surface area contributed by atoms with Crippen molar-refractivity contribution >= 4 is 0 Å². The lowest BCUT2D eigenvalue weighted by Gasteiger charge is -2.28. The maximum Gasteiger partial charge on any atom is 0.259 e. The van der Waals surface area contributed by atoms with Crippen molar-refractivity contribution < 1.29 is 35.1 Å². The molecular formula is C16H26F8. The number of halogens is 8. The molecule has 0 unspecified atom stereocenters. The van der Waals surface area contributed by atoms with E-state index in [1.807, 2.05) is 6.92 Å². The molecule has 146 valence electrons. The summed E-state index contributed by atoms with van der Waals surface area (Å²) in [4.78, 5) is 0. The third kappa shape index (κ3) is 12.8. The van der Waals surface area contributed by atoms with Gasteiger partial charge in [-0.15, -0.1) is 0 Å². The molecule has 0 N–H and O–H groups in total. The van der Waals surface area contributed by atoms with E-state index in [2.05, 4.69) is 0 Å². The van der Waals surface area contributed by atoms with E-state index in [1.54, 1.807) is 0 Å².